The fraction of sp³-hybridized carbons (Fsp3) is 0.423. The molecule has 4 rings (SSSR count). The number of nitrogens with zero attached hydrogens (tertiary/aromatic N) is 4. The van der Waals surface area contributed by atoms with Crippen molar-refractivity contribution in [2.24, 2.45) is 13.0 Å². The highest BCUT2D eigenvalue weighted by Gasteiger charge is 2.38. The van der Waals surface area contributed by atoms with Gasteiger partial charge in [-0.2, -0.15) is 0 Å². The second-order valence-corrected chi connectivity index (χ2v) is 10.1. The molecule has 1 aromatic heterocycles. The molecule has 1 aliphatic rings. The van der Waals surface area contributed by atoms with Crippen LogP contribution in [0, 0.1) is 5.92 Å². The molecule has 0 radical (unpaired) electrons. The molecular weight excluding hydrogens is 510 g/mol. The van der Waals surface area contributed by atoms with Gasteiger partial charge in [-0.15, -0.1) is 5.10 Å². The number of benzene rings is 2. The van der Waals surface area contributed by atoms with Crippen LogP contribution in [-0.2, 0) is 37.5 Å². The number of amides is 1. The third-order valence-electron chi connectivity index (χ3n) is 6.24. The Bertz CT molecular complexity index is 1240. The maximum Gasteiger partial charge on any atom is 0.303 e. The summed E-state index contributed by atoms with van der Waals surface area (Å²) in [6, 6.07) is 14.9. The summed E-state index contributed by atoms with van der Waals surface area (Å²) in [6.45, 7) is 4.83. The van der Waals surface area contributed by atoms with Gasteiger partial charge in [-0.1, -0.05) is 55.1 Å². The molecule has 3 aromatic rings. The Labute approximate surface area is 224 Å². The first-order valence-electron chi connectivity index (χ1n) is 12.2. The third-order valence-corrected chi connectivity index (χ3v) is 7.34. The van der Waals surface area contributed by atoms with Gasteiger partial charge in [0.1, 0.15) is 0 Å². The number of carbonyl (C=O) groups is 2. The Morgan fingerprint density at radius 1 is 1.13 bits per heavy atom. The van der Waals surface area contributed by atoms with Gasteiger partial charge >= 0.3 is 5.97 Å². The highest BCUT2D eigenvalue weighted by atomic mass is 32.2. The normalized spacial score (nSPS) is 22.0. The zero-order valence-electron chi connectivity index (χ0n) is 21.6. The number of aromatic nitrogens is 4. The molecule has 2 N–H and O–H groups in total. The molecule has 5 atom stereocenters. The zero-order chi connectivity index (χ0) is 27.2. The molecule has 0 bridgehead atoms. The van der Waals surface area contributed by atoms with Gasteiger partial charge in [-0.3, -0.25) is 9.59 Å². The lowest BCUT2D eigenvalue weighted by molar-refractivity contribution is -0.268. The van der Waals surface area contributed by atoms with Crippen LogP contribution in [0.4, 0.5) is 5.69 Å². The summed E-state index contributed by atoms with van der Waals surface area (Å²) in [5.74, 6) is -0.315. The van der Waals surface area contributed by atoms with Crippen molar-refractivity contribution in [3.05, 3.63) is 65.2 Å². The van der Waals surface area contributed by atoms with Gasteiger partial charge in [-0.05, 0) is 40.6 Å². The fourth-order valence-corrected chi connectivity index (χ4v) is 5.09. The van der Waals surface area contributed by atoms with Crippen LogP contribution in [0.2, 0.25) is 0 Å². The van der Waals surface area contributed by atoms with Gasteiger partial charge in [-0.25, -0.2) is 4.68 Å². The van der Waals surface area contributed by atoms with Crippen LogP contribution in [-0.4, -0.2) is 55.2 Å². The van der Waals surface area contributed by atoms with E-state index in [0.717, 1.165) is 16.7 Å². The average Bonchev–Trinajstić information content (AvgIpc) is 3.32. The molecule has 1 fully saturated rings. The topological polar surface area (TPSA) is 138 Å². The number of hydrogen-bond acceptors (Lipinski definition) is 10. The number of thioether (sulfide) groups is 1. The summed E-state index contributed by atoms with van der Waals surface area (Å²) in [6.07, 6.45) is -1.99. The molecule has 1 aliphatic heterocycles. The Balaban J connectivity index is 1.52. The predicted octanol–water partition coefficient (Wildman–Crippen LogP) is 3.18. The Hall–Kier alpha value is -3.32. The second kappa shape index (κ2) is 12.5. The van der Waals surface area contributed by atoms with Gasteiger partial charge in [0.05, 0.1) is 18.8 Å². The molecule has 202 valence electrons. The number of hydrogen-bond donors (Lipinski definition) is 2. The number of esters is 1. The van der Waals surface area contributed by atoms with Gasteiger partial charge in [0, 0.05) is 36.9 Å². The Morgan fingerprint density at radius 2 is 1.82 bits per heavy atom. The van der Waals surface area contributed by atoms with Gasteiger partial charge in [0.15, 0.2) is 12.4 Å². The first-order chi connectivity index (χ1) is 18.2. The lowest BCUT2D eigenvalue weighted by Gasteiger charge is -2.41. The number of ether oxygens (including phenoxy) is 3. The van der Waals surface area contributed by atoms with E-state index >= 15 is 0 Å². The van der Waals surface area contributed by atoms with Gasteiger partial charge < -0.3 is 24.6 Å². The molecule has 38 heavy (non-hydrogen) atoms. The van der Waals surface area contributed by atoms with Crippen molar-refractivity contribution in [1.82, 2.24) is 20.2 Å². The molecular formula is C26H31N5O6S. The number of aliphatic hydroxyl groups is 1. The molecule has 11 nitrogen and oxygen atoms in total. The van der Waals surface area contributed by atoms with Crippen LogP contribution in [0.5, 0.6) is 0 Å². The minimum absolute atomic E-state index is 0.0150. The summed E-state index contributed by atoms with van der Waals surface area (Å²) in [5, 5.41) is 24.5. The summed E-state index contributed by atoms with van der Waals surface area (Å²) in [4.78, 5) is 23.4. The maximum atomic E-state index is 12.3. The Morgan fingerprint density at radius 3 is 2.42 bits per heavy atom. The quantitative estimate of drug-likeness (QED) is 0.307. The van der Waals surface area contributed by atoms with E-state index in [0.29, 0.717) is 16.6 Å². The third kappa shape index (κ3) is 6.76. The van der Waals surface area contributed by atoms with Crippen molar-refractivity contribution < 1.29 is 28.9 Å². The SMILES string of the molecule is CC(=O)O[C@@H](C)C(=O)Nc1ccc([C@H]2O[C@@H](CSc3nnnn3C)[C@@H](C)[C@@H](c3ccc(CO)cc3)O2)cc1. The molecule has 2 aromatic carbocycles. The van der Waals surface area contributed by atoms with Crippen molar-refractivity contribution in [3.8, 4) is 0 Å². The molecule has 0 spiro atoms. The van der Waals surface area contributed by atoms with Crippen molar-refractivity contribution in [2.75, 3.05) is 11.1 Å². The number of aryl methyl sites for hydroxylation is 1. The van der Waals surface area contributed by atoms with E-state index in [2.05, 4.69) is 27.8 Å². The van der Waals surface area contributed by atoms with Gasteiger partial charge in [0.25, 0.3) is 5.91 Å². The van der Waals surface area contributed by atoms with E-state index in [9.17, 15) is 14.7 Å². The second-order valence-electron chi connectivity index (χ2n) is 9.08. The van der Waals surface area contributed by atoms with Crippen molar-refractivity contribution >= 4 is 29.3 Å². The molecule has 0 aliphatic carbocycles. The number of rotatable bonds is 9. The largest absolute Gasteiger partial charge is 0.453 e. The molecule has 1 amide bonds. The predicted molar refractivity (Wildman–Crippen MR) is 139 cm³/mol. The molecule has 12 heteroatoms. The first kappa shape index (κ1) is 27.7. The lowest BCUT2D eigenvalue weighted by Crippen LogP contribution is -2.38. The first-order valence-corrected chi connectivity index (χ1v) is 13.2. The van der Waals surface area contributed by atoms with Crippen molar-refractivity contribution in [2.45, 2.75) is 57.1 Å². The minimum Gasteiger partial charge on any atom is -0.453 e. The lowest BCUT2D eigenvalue weighted by atomic mass is 9.91. The van der Waals surface area contributed by atoms with Crippen molar-refractivity contribution in [1.29, 1.82) is 0 Å². The van der Waals surface area contributed by atoms with Crippen molar-refractivity contribution in [3.63, 3.8) is 0 Å². The van der Waals surface area contributed by atoms with E-state index in [1.54, 1.807) is 23.9 Å². The van der Waals surface area contributed by atoms with Gasteiger partial charge in [0.2, 0.25) is 5.16 Å². The van der Waals surface area contributed by atoms with Crippen LogP contribution in [0.15, 0.2) is 53.7 Å². The number of nitrogens with one attached hydrogen (secondary N) is 1. The van der Waals surface area contributed by atoms with Crippen LogP contribution in [0.1, 0.15) is 49.9 Å². The number of tetrazole rings is 1. The molecule has 0 saturated carbocycles. The standard InChI is InChI=1S/C26H31N5O6S/c1-15-22(14-38-26-28-29-30-31(26)4)36-25(37-23(15)19-7-5-18(13-32)6-8-19)20-9-11-21(12-10-20)27-24(34)16(2)35-17(3)33/h5-12,15-16,22-23,25,32H,13-14H2,1-4H3,(H,27,34)/t15-,16+,22+,23+,25+/m1/s1. The summed E-state index contributed by atoms with van der Waals surface area (Å²) < 4.78 is 19.4. The smallest absolute Gasteiger partial charge is 0.303 e. The summed E-state index contributed by atoms with van der Waals surface area (Å²) >= 11 is 1.51. The molecule has 0 unspecified atom stereocenters. The number of aliphatic hydroxyl groups excluding tert-OH is 1. The molecule has 1 saturated heterocycles. The summed E-state index contributed by atoms with van der Waals surface area (Å²) in [7, 11) is 1.79. The van der Waals surface area contributed by atoms with E-state index < -0.39 is 24.3 Å². The minimum atomic E-state index is -0.904. The zero-order valence-corrected chi connectivity index (χ0v) is 22.4. The van der Waals surface area contributed by atoms with E-state index in [-0.39, 0.29) is 24.7 Å². The van der Waals surface area contributed by atoms with E-state index in [1.165, 1.54) is 25.6 Å². The van der Waals surface area contributed by atoms with Crippen LogP contribution < -0.4 is 5.32 Å². The van der Waals surface area contributed by atoms with Crippen LogP contribution in [0.25, 0.3) is 0 Å². The summed E-state index contributed by atoms with van der Waals surface area (Å²) in [5.41, 5.74) is 3.16. The van der Waals surface area contributed by atoms with Crippen LogP contribution >= 0.6 is 11.8 Å². The Kier molecular flexibility index (Phi) is 9.10. The monoisotopic (exact) mass is 541 g/mol. The average molecular weight is 542 g/mol. The fourth-order valence-electron chi connectivity index (χ4n) is 4.08. The van der Waals surface area contributed by atoms with Crippen LogP contribution in [0.3, 0.4) is 0 Å². The highest BCUT2D eigenvalue weighted by molar-refractivity contribution is 7.99. The highest BCUT2D eigenvalue weighted by Crippen LogP contribution is 2.43. The molecule has 2 heterocycles. The number of anilines is 1. The number of carbonyl (C=O) groups excluding carboxylic acids is 2. The van der Waals surface area contributed by atoms with E-state index in [4.69, 9.17) is 14.2 Å². The van der Waals surface area contributed by atoms with E-state index in [1.807, 2.05) is 36.4 Å². The maximum absolute atomic E-state index is 12.3.